The number of ether oxygens (including phenoxy) is 2. The summed E-state index contributed by atoms with van der Waals surface area (Å²) in [7, 11) is 1.66. The molecule has 2 aliphatic carbocycles. The number of carbonyl (C=O) groups is 1. The minimum atomic E-state index is -0.342. The molecule has 1 aliphatic heterocycles. The Morgan fingerprint density at radius 3 is 2.69 bits per heavy atom. The first kappa shape index (κ1) is 18.6. The number of nitrogens with zero attached hydrogens (tertiary/aromatic N) is 4. The Labute approximate surface area is 171 Å². The van der Waals surface area contributed by atoms with Crippen molar-refractivity contribution in [3.8, 4) is 5.75 Å². The topological polar surface area (TPSA) is 69.5 Å². The molecule has 0 spiro atoms. The number of methoxy groups -OCH3 is 1. The summed E-state index contributed by atoms with van der Waals surface area (Å²) in [5.41, 5.74) is 1.63. The number of hydrogen-bond donors (Lipinski definition) is 0. The van der Waals surface area contributed by atoms with Gasteiger partial charge in [-0.2, -0.15) is 0 Å². The average Bonchev–Trinajstić information content (AvgIpc) is 3.64. The zero-order chi connectivity index (χ0) is 19.8. The van der Waals surface area contributed by atoms with Crippen LogP contribution in [0.5, 0.6) is 5.75 Å². The van der Waals surface area contributed by atoms with Crippen molar-refractivity contribution in [2.24, 2.45) is 5.92 Å². The second kappa shape index (κ2) is 7.44. The van der Waals surface area contributed by atoms with Gasteiger partial charge in [0, 0.05) is 19.7 Å². The first-order valence-corrected chi connectivity index (χ1v) is 10.6. The van der Waals surface area contributed by atoms with Crippen molar-refractivity contribution >= 4 is 5.91 Å². The van der Waals surface area contributed by atoms with Crippen molar-refractivity contribution in [1.82, 2.24) is 19.9 Å². The molecule has 3 aliphatic rings. The van der Waals surface area contributed by atoms with E-state index in [1.54, 1.807) is 7.11 Å². The molecule has 1 amide bonds. The summed E-state index contributed by atoms with van der Waals surface area (Å²) in [6.45, 7) is 2.82. The number of likely N-dealkylation sites (tertiary alicyclic amines) is 1. The summed E-state index contributed by atoms with van der Waals surface area (Å²) < 4.78 is 12.9. The quantitative estimate of drug-likeness (QED) is 0.686. The van der Waals surface area contributed by atoms with Crippen molar-refractivity contribution < 1.29 is 14.3 Å². The number of aromatic nitrogens is 3. The van der Waals surface area contributed by atoms with Crippen molar-refractivity contribution in [2.75, 3.05) is 26.8 Å². The van der Waals surface area contributed by atoms with Gasteiger partial charge in [-0.05, 0) is 55.7 Å². The minimum Gasteiger partial charge on any atom is -0.497 e. The van der Waals surface area contributed by atoms with Crippen LogP contribution in [-0.4, -0.2) is 52.6 Å². The molecule has 1 atom stereocenters. The highest BCUT2D eigenvalue weighted by Crippen LogP contribution is 2.50. The molecule has 7 heteroatoms. The Hall–Kier alpha value is -2.41. The lowest BCUT2D eigenvalue weighted by Crippen LogP contribution is -2.38. The molecule has 1 saturated heterocycles. The van der Waals surface area contributed by atoms with Crippen LogP contribution in [0.3, 0.4) is 0 Å². The lowest BCUT2D eigenvalue weighted by Gasteiger charge is -2.23. The molecule has 0 N–H and O–H groups in total. The third-order valence-electron chi connectivity index (χ3n) is 6.48. The number of amides is 1. The molecule has 2 saturated carbocycles. The lowest BCUT2D eigenvalue weighted by molar-refractivity contribution is -0.133. The van der Waals surface area contributed by atoms with Crippen LogP contribution < -0.4 is 4.74 Å². The van der Waals surface area contributed by atoms with Gasteiger partial charge in [-0.1, -0.05) is 17.3 Å². The predicted octanol–water partition coefficient (Wildman–Crippen LogP) is 2.72. The van der Waals surface area contributed by atoms with Gasteiger partial charge in [0.05, 0.1) is 31.4 Å². The molecule has 154 valence electrons. The summed E-state index contributed by atoms with van der Waals surface area (Å²) in [5.74, 6) is 1.82. The van der Waals surface area contributed by atoms with Crippen LogP contribution in [0.15, 0.2) is 30.5 Å². The fraction of sp³-hybridized carbons (Fsp3) is 0.591. The molecular formula is C22H28N4O3. The van der Waals surface area contributed by atoms with E-state index in [1.165, 1.54) is 12.8 Å². The molecule has 1 aromatic heterocycles. The van der Waals surface area contributed by atoms with Crippen LogP contribution in [0.25, 0.3) is 0 Å². The normalized spacial score (nSPS) is 22.7. The van der Waals surface area contributed by atoms with E-state index in [0.29, 0.717) is 13.2 Å². The van der Waals surface area contributed by atoms with Gasteiger partial charge >= 0.3 is 0 Å². The van der Waals surface area contributed by atoms with Crippen LogP contribution in [0.4, 0.5) is 0 Å². The third-order valence-corrected chi connectivity index (χ3v) is 6.48. The fourth-order valence-electron chi connectivity index (χ4n) is 4.28. The molecular weight excluding hydrogens is 368 g/mol. The van der Waals surface area contributed by atoms with E-state index in [4.69, 9.17) is 9.47 Å². The first-order valence-electron chi connectivity index (χ1n) is 10.6. The molecule has 0 radical (unpaired) electrons. The Morgan fingerprint density at radius 1 is 1.21 bits per heavy atom. The third kappa shape index (κ3) is 3.75. The fourth-order valence-corrected chi connectivity index (χ4v) is 4.28. The van der Waals surface area contributed by atoms with E-state index >= 15 is 0 Å². The molecule has 5 rings (SSSR count). The van der Waals surface area contributed by atoms with Crippen molar-refractivity contribution in [2.45, 2.75) is 50.2 Å². The minimum absolute atomic E-state index is 0.190. The number of rotatable bonds is 8. The Kier molecular flexibility index (Phi) is 4.78. The van der Waals surface area contributed by atoms with Gasteiger partial charge < -0.3 is 14.4 Å². The zero-order valence-corrected chi connectivity index (χ0v) is 16.9. The average molecular weight is 396 g/mol. The van der Waals surface area contributed by atoms with Crippen LogP contribution in [0, 0.1) is 5.92 Å². The largest absolute Gasteiger partial charge is 0.497 e. The smallest absolute Gasteiger partial charge is 0.233 e. The molecule has 7 nitrogen and oxygen atoms in total. The maximum atomic E-state index is 13.3. The summed E-state index contributed by atoms with van der Waals surface area (Å²) in [6, 6.07) is 8.14. The Bertz CT molecular complexity index is 870. The van der Waals surface area contributed by atoms with E-state index in [0.717, 1.165) is 55.3 Å². The highest BCUT2D eigenvalue weighted by molar-refractivity contribution is 5.91. The van der Waals surface area contributed by atoms with E-state index in [2.05, 4.69) is 10.3 Å². The summed E-state index contributed by atoms with van der Waals surface area (Å²) in [5, 5.41) is 8.54. The van der Waals surface area contributed by atoms with Gasteiger partial charge in [0.1, 0.15) is 11.4 Å². The van der Waals surface area contributed by atoms with Crippen LogP contribution in [0.2, 0.25) is 0 Å². The van der Waals surface area contributed by atoms with Gasteiger partial charge in [-0.3, -0.25) is 4.79 Å². The second-order valence-electron chi connectivity index (χ2n) is 8.65. The zero-order valence-electron chi connectivity index (χ0n) is 16.9. The van der Waals surface area contributed by atoms with Crippen LogP contribution in [-0.2, 0) is 21.6 Å². The molecule has 1 aromatic carbocycles. The van der Waals surface area contributed by atoms with Crippen LogP contribution in [0.1, 0.15) is 49.4 Å². The molecule has 1 unspecified atom stereocenters. The van der Waals surface area contributed by atoms with E-state index in [9.17, 15) is 4.79 Å². The van der Waals surface area contributed by atoms with E-state index < -0.39 is 0 Å². The van der Waals surface area contributed by atoms with E-state index in [-0.39, 0.29) is 17.4 Å². The van der Waals surface area contributed by atoms with Crippen LogP contribution >= 0.6 is 0 Å². The highest BCUT2D eigenvalue weighted by Gasteiger charge is 2.53. The van der Waals surface area contributed by atoms with E-state index in [1.807, 2.05) is 40.0 Å². The van der Waals surface area contributed by atoms with Gasteiger partial charge in [-0.15, -0.1) is 5.10 Å². The first-order chi connectivity index (χ1) is 14.2. The molecule has 3 fully saturated rings. The Morgan fingerprint density at radius 2 is 2.00 bits per heavy atom. The maximum absolute atomic E-state index is 13.3. The summed E-state index contributed by atoms with van der Waals surface area (Å²) >= 11 is 0. The van der Waals surface area contributed by atoms with Gasteiger partial charge in [-0.25, -0.2) is 4.68 Å². The van der Waals surface area contributed by atoms with Crippen molar-refractivity contribution in [3.63, 3.8) is 0 Å². The lowest BCUT2D eigenvalue weighted by atomic mass is 9.94. The van der Waals surface area contributed by atoms with Crippen molar-refractivity contribution in [1.29, 1.82) is 0 Å². The van der Waals surface area contributed by atoms with Gasteiger partial charge in [0.2, 0.25) is 5.91 Å². The van der Waals surface area contributed by atoms with Gasteiger partial charge in [0.25, 0.3) is 0 Å². The maximum Gasteiger partial charge on any atom is 0.233 e. The monoisotopic (exact) mass is 396 g/mol. The molecule has 2 heterocycles. The predicted molar refractivity (Wildman–Crippen MR) is 107 cm³/mol. The SMILES string of the molecule is COc1ccc(C2(C(=O)N3CCC(n4cc(COCC5CC5)nn4)C3)CC2)cc1. The van der Waals surface area contributed by atoms with Crippen molar-refractivity contribution in [3.05, 3.63) is 41.7 Å². The molecule has 0 bridgehead atoms. The summed E-state index contributed by atoms with van der Waals surface area (Å²) in [6.07, 6.45) is 7.31. The molecule has 2 aromatic rings. The number of carbonyl (C=O) groups excluding carboxylic acids is 1. The number of benzene rings is 1. The Balaban J connectivity index is 1.20. The highest BCUT2D eigenvalue weighted by atomic mass is 16.5. The number of hydrogen-bond acceptors (Lipinski definition) is 5. The summed E-state index contributed by atoms with van der Waals surface area (Å²) in [4.78, 5) is 15.3. The molecule has 29 heavy (non-hydrogen) atoms. The second-order valence-corrected chi connectivity index (χ2v) is 8.65. The standard InChI is InChI=1S/C22H28N4O3/c1-28-20-6-4-17(5-7-20)22(9-10-22)21(27)25-11-8-19(13-25)26-12-18(23-24-26)15-29-14-16-2-3-16/h4-7,12,16,19H,2-3,8-11,13-15H2,1H3. The van der Waals surface area contributed by atoms with Gasteiger partial charge in [0.15, 0.2) is 0 Å².